The SMILES string of the molecule is CCN(Cc1ccccc1)c1nccc(C(=O)N2CCN(C(C)=O)CC2)n1. The van der Waals surface area contributed by atoms with Crippen molar-refractivity contribution in [2.75, 3.05) is 37.6 Å². The molecule has 1 aliphatic rings. The zero-order valence-electron chi connectivity index (χ0n) is 15.8. The number of hydrogen-bond donors (Lipinski definition) is 0. The highest BCUT2D eigenvalue weighted by molar-refractivity contribution is 5.92. The molecule has 0 N–H and O–H groups in total. The maximum Gasteiger partial charge on any atom is 0.272 e. The minimum absolute atomic E-state index is 0.0471. The summed E-state index contributed by atoms with van der Waals surface area (Å²) < 4.78 is 0. The van der Waals surface area contributed by atoms with Crippen molar-refractivity contribution in [1.29, 1.82) is 0 Å². The predicted molar refractivity (Wildman–Crippen MR) is 103 cm³/mol. The lowest BCUT2D eigenvalue weighted by atomic mass is 10.2. The molecule has 142 valence electrons. The van der Waals surface area contributed by atoms with Crippen LogP contribution in [0.1, 0.15) is 29.9 Å². The Morgan fingerprint density at radius 3 is 2.33 bits per heavy atom. The Hall–Kier alpha value is -2.96. The van der Waals surface area contributed by atoms with Crippen molar-refractivity contribution in [3.05, 3.63) is 53.9 Å². The molecule has 7 nitrogen and oxygen atoms in total. The van der Waals surface area contributed by atoms with Gasteiger partial charge in [-0.1, -0.05) is 30.3 Å². The fraction of sp³-hybridized carbons (Fsp3) is 0.400. The Kier molecular flexibility index (Phi) is 6.01. The van der Waals surface area contributed by atoms with Crippen LogP contribution in [0.2, 0.25) is 0 Å². The number of aromatic nitrogens is 2. The molecular formula is C20H25N5O2. The van der Waals surface area contributed by atoms with Gasteiger partial charge in [-0.25, -0.2) is 9.97 Å². The molecule has 1 saturated heterocycles. The Bertz CT molecular complexity index is 788. The van der Waals surface area contributed by atoms with Gasteiger partial charge in [-0.3, -0.25) is 9.59 Å². The normalized spacial score (nSPS) is 14.1. The smallest absolute Gasteiger partial charge is 0.272 e. The number of amides is 2. The van der Waals surface area contributed by atoms with E-state index in [1.807, 2.05) is 30.0 Å². The molecule has 1 fully saturated rings. The predicted octanol–water partition coefficient (Wildman–Crippen LogP) is 1.81. The summed E-state index contributed by atoms with van der Waals surface area (Å²) in [6.45, 7) is 7.21. The number of hydrogen-bond acceptors (Lipinski definition) is 5. The molecule has 0 unspecified atom stereocenters. The van der Waals surface area contributed by atoms with Crippen LogP contribution in [0.5, 0.6) is 0 Å². The van der Waals surface area contributed by atoms with Crippen LogP contribution in [-0.4, -0.2) is 64.3 Å². The number of anilines is 1. The molecule has 3 rings (SSSR count). The molecule has 1 aromatic heterocycles. The van der Waals surface area contributed by atoms with Crippen LogP contribution < -0.4 is 4.90 Å². The third-order valence-corrected chi connectivity index (χ3v) is 4.76. The van der Waals surface area contributed by atoms with Crippen molar-refractivity contribution in [1.82, 2.24) is 19.8 Å². The molecule has 0 atom stereocenters. The zero-order valence-corrected chi connectivity index (χ0v) is 15.8. The van der Waals surface area contributed by atoms with Crippen molar-refractivity contribution in [2.45, 2.75) is 20.4 Å². The molecule has 0 aliphatic carbocycles. The Morgan fingerprint density at radius 1 is 1.04 bits per heavy atom. The van der Waals surface area contributed by atoms with E-state index < -0.39 is 0 Å². The first-order valence-electron chi connectivity index (χ1n) is 9.25. The van der Waals surface area contributed by atoms with E-state index in [0.717, 1.165) is 6.54 Å². The van der Waals surface area contributed by atoms with Crippen molar-refractivity contribution in [3.8, 4) is 0 Å². The molecule has 2 heterocycles. The topological polar surface area (TPSA) is 69.6 Å². The van der Waals surface area contributed by atoms with E-state index in [2.05, 4.69) is 22.1 Å². The second kappa shape index (κ2) is 8.62. The van der Waals surface area contributed by atoms with E-state index in [1.165, 1.54) is 5.56 Å². The van der Waals surface area contributed by atoms with Crippen molar-refractivity contribution in [2.24, 2.45) is 0 Å². The summed E-state index contributed by atoms with van der Waals surface area (Å²) in [6, 6.07) is 11.8. The largest absolute Gasteiger partial charge is 0.339 e. The van der Waals surface area contributed by atoms with Crippen LogP contribution >= 0.6 is 0 Å². The van der Waals surface area contributed by atoms with Gasteiger partial charge in [0, 0.05) is 52.4 Å². The number of carbonyl (C=O) groups is 2. The lowest BCUT2D eigenvalue weighted by Crippen LogP contribution is -2.50. The van der Waals surface area contributed by atoms with Crippen LogP contribution in [0.15, 0.2) is 42.6 Å². The summed E-state index contributed by atoms with van der Waals surface area (Å²) in [5.41, 5.74) is 1.56. The first-order chi connectivity index (χ1) is 13.1. The van der Waals surface area contributed by atoms with Crippen LogP contribution in [0.25, 0.3) is 0 Å². The van der Waals surface area contributed by atoms with Gasteiger partial charge in [0.2, 0.25) is 11.9 Å². The van der Waals surface area contributed by atoms with E-state index in [1.54, 1.807) is 29.0 Å². The Labute approximate surface area is 159 Å². The summed E-state index contributed by atoms with van der Waals surface area (Å²) in [5, 5.41) is 0. The number of benzene rings is 1. The summed E-state index contributed by atoms with van der Waals surface area (Å²) in [6.07, 6.45) is 1.63. The fourth-order valence-corrected chi connectivity index (χ4v) is 3.13. The molecule has 0 spiro atoms. The average Bonchev–Trinajstić information content (AvgIpc) is 2.72. The molecule has 0 bridgehead atoms. The molecule has 2 amide bonds. The van der Waals surface area contributed by atoms with Crippen molar-refractivity contribution >= 4 is 17.8 Å². The molecule has 7 heteroatoms. The third kappa shape index (κ3) is 4.61. The summed E-state index contributed by atoms with van der Waals surface area (Å²) in [4.78, 5) is 38.7. The molecule has 2 aromatic rings. The fourth-order valence-electron chi connectivity index (χ4n) is 3.13. The van der Waals surface area contributed by atoms with E-state index in [0.29, 0.717) is 44.4 Å². The number of nitrogens with zero attached hydrogens (tertiary/aromatic N) is 5. The first-order valence-corrected chi connectivity index (χ1v) is 9.25. The molecule has 0 saturated carbocycles. The summed E-state index contributed by atoms with van der Waals surface area (Å²) in [5.74, 6) is 0.484. The minimum Gasteiger partial charge on any atom is -0.339 e. The third-order valence-electron chi connectivity index (χ3n) is 4.76. The second-order valence-electron chi connectivity index (χ2n) is 6.54. The molecule has 0 radical (unpaired) electrons. The average molecular weight is 367 g/mol. The minimum atomic E-state index is -0.113. The maximum absolute atomic E-state index is 12.8. The van der Waals surface area contributed by atoms with Crippen molar-refractivity contribution in [3.63, 3.8) is 0 Å². The van der Waals surface area contributed by atoms with Crippen molar-refractivity contribution < 1.29 is 9.59 Å². The standard InChI is InChI=1S/C20H25N5O2/c1-3-23(15-17-7-5-4-6-8-17)20-21-10-9-18(22-20)19(27)25-13-11-24(12-14-25)16(2)26/h4-10H,3,11-15H2,1-2H3. The van der Waals surface area contributed by atoms with Gasteiger partial charge < -0.3 is 14.7 Å². The molecular weight excluding hydrogens is 342 g/mol. The lowest BCUT2D eigenvalue weighted by Gasteiger charge is -2.34. The lowest BCUT2D eigenvalue weighted by molar-refractivity contribution is -0.130. The van der Waals surface area contributed by atoms with Gasteiger partial charge in [-0.2, -0.15) is 0 Å². The van der Waals surface area contributed by atoms with Crippen LogP contribution in [0.3, 0.4) is 0 Å². The Balaban J connectivity index is 1.71. The Morgan fingerprint density at radius 2 is 1.70 bits per heavy atom. The maximum atomic E-state index is 12.8. The monoisotopic (exact) mass is 367 g/mol. The number of piperazine rings is 1. The van der Waals surface area contributed by atoms with Gasteiger partial charge in [0.25, 0.3) is 5.91 Å². The van der Waals surface area contributed by atoms with Gasteiger partial charge in [0.05, 0.1) is 0 Å². The summed E-state index contributed by atoms with van der Waals surface area (Å²) >= 11 is 0. The van der Waals surface area contributed by atoms with Gasteiger partial charge in [0.15, 0.2) is 0 Å². The summed E-state index contributed by atoms with van der Waals surface area (Å²) in [7, 11) is 0. The zero-order chi connectivity index (χ0) is 19.2. The van der Waals surface area contributed by atoms with E-state index in [9.17, 15) is 9.59 Å². The molecule has 1 aromatic carbocycles. The van der Waals surface area contributed by atoms with E-state index in [-0.39, 0.29) is 11.8 Å². The van der Waals surface area contributed by atoms with Crippen LogP contribution in [-0.2, 0) is 11.3 Å². The van der Waals surface area contributed by atoms with Crippen LogP contribution in [0.4, 0.5) is 5.95 Å². The highest BCUT2D eigenvalue weighted by Crippen LogP contribution is 2.14. The molecule has 1 aliphatic heterocycles. The number of carbonyl (C=O) groups excluding carboxylic acids is 2. The highest BCUT2D eigenvalue weighted by Gasteiger charge is 2.24. The van der Waals surface area contributed by atoms with E-state index >= 15 is 0 Å². The first kappa shape index (κ1) is 18.8. The van der Waals surface area contributed by atoms with Gasteiger partial charge in [-0.05, 0) is 18.6 Å². The van der Waals surface area contributed by atoms with E-state index in [4.69, 9.17) is 0 Å². The van der Waals surface area contributed by atoms with Crippen LogP contribution in [0, 0.1) is 0 Å². The highest BCUT2D eigenvalue weighted by atomic mass is 16.2. The molecule has 27 heavy (non-hydrogen) atoms. The quantitative estimate of drug-likeness (QED) is 0.806. The second-order valence-corrected chi connectivity index (χ2v) is 6.54. The van der Waals surface area contributed by atoms with Gasteiger partial charge in [0.1, 0.15) is 5.69 Å². The van der Waals surface area contributed by atoms with Gasteiger partial charge >= 0.3 is 0 Å². The number of rotatable bonds is 5. The van der Waals surface area contributed by atoms with Gasteiger partial charge in [-0.15, -0.1) is 0 Å².